The minimum Gasteiger partial charge on any atom is -0.462 e. The minimum atomic E-state index is -0.805. The van der Waals surface area contributed by atoms with Crippen LogP contribution in [0.15, 0.2) is 146 Å². The number of hydrogen-bond donors (Lipinski definition) is 1. The van der Waals surface area contributed by atoms with Crippen LogP contribution in [0.1, 0.15) is 168 Å². The van der Waals surface area contributed by atoms with Gasteiger partial charge in [-0.3, -0.25) is 9.59 Å². The van der Waals surface area contributed by atoms with Crippen molar-refractivity contribution in [2.24, 2.45) is 0 Å². The normalized spacial score (nSPS) is 13.6. The highest BCUT2D eigenvalue weighted by molar-refractivity contribution is 5.70. The zero-order chi connectivity index (χ0) is 43.5. The maximum atomic E-state index is 12.2. The highest BCUT2D eigenvalue weighted by atomic mass is 16.6. The second kappa shape index (κ2) is 49.1. The molecule has 0 spiro atoms. The number of aliphatic hydroxyl groups excluding tert-OH is 1. The predicted molar refractivity (Wildman–Crippen MR) is 260 cm³/mol. The largest absolute Gasteiger partial charge is 0.462 e. The summed E-state index contributed by atoms with van der Waals surface area (Å²) in [6, 6.07) is 0. The van der Waals surface area contributed by atoms with Gasteiger partial charge in [-0.15, -0.1) is 0 Å². The third-order valence-electron chi connectivity index (χ3n) is 9.13. The number of carbonyl (C=O) groups excluding carboxylic acids is 2. The summed E-state index contributed by atoms with van der Waals surface area (Å²) in [5, 5.41) is 9.58. The smallest absolute Gasteiger partial charge is 0.306 e. The third kappa shape index (κ3) is 46.5. The molecule has 0 aliphatic heterocycles. The molecule has 0 saturated carbocycles. The van der Waals surface area contributed by atoms with Gasteiger partial charge in [0.25, 0.3) is 0 Å². The van der Waals surface area contributed by atoms with E-state index in [0.29, 0.717) is 12.8 Å². The Morgan fingerprint density at radius 2 is 0.667 bits per heavy atom. The molecular weight excluding hydrogens is 741 g/mol. The lowest BCUT2D eigenvalue weighted by Gasteiger charge is -2.15. The molecule has 0 amide bonds. The number of esters is 2. The molecule has 0 rings (SSSR count). The predicted octanol–water partition coefficient (Wildman–Crippen LogP) is 15.5. The number of hydrogen-bond acceptors (Lipinski definition) is 5. The van der Waals surface area contributed by atoms with Crippen LogP contribution in [0, 0.1) is 0 Å². The molecule has 0 aromatic carbocycles. The van der Waals surface area contributed by atoms with Crippen LogP contribution in [-0.2, 0) is 19.1 Å². The molecule has 0 bridgehead atoms. The maximum Gasteiger partial charge on any atom is 0.306 e. The van der Waals surface area contributed by atoms with Crippen LogP contribution in [0.25, 0.3) is 0 Å². The maximum absolute atomic E-state index is 12.2. The molecule has 1 atom stereocenters. The second-order valence-corrected chi connectivity index (χ2v) is 14.7. The molecule has 0 aliphatic rings. The summed E-state index contributed by atoms with van der Waals surface area (Å²) >= 11 is 0. The Kier molecular flexibility index (Phi) is 45.7. The van der Waals surface area contributed by atoms with Gasteiger partial charge in [0.05, 0.1) is 6.61 Å². The van der Waals surface area contributed by atoms with E-state index in [1.165, 1.54) is 0 Å². The van der Waals surface area contributed by atoms with Crippen molar-refractivity contribution < 1.29 is 24.2 Å². The van der Waals surface area contributed by atoms with Crippen molar-refractivity contribution in [2.45, 2.75) is 174 Å². The third-order valence-corrected chi connectivity index (χ3v) is 9.13. The summed E-state index contributed by atoms with van der Waals surface area (Å²) in [6.07, 6.45) is 75.0. The molecule has 334 valence electrons. The molecule has 0 aromatic heterocycles. The van der Waals surface area contributed by atoms with Gasteiger partial charge in [-0.2, -0.15) is 0 Å². The topological polar surface area (TPSA) is 72.8 Å². The molecule has 0 radical (unpaired) electrons. The quantitative estimate of drug-likeness (QED) is 0.0378. The van der Waals surface area contributed by atoms with E-state index >= 15 is 0 Å². The van der Waals surface area contributed by atoms with Gasteiger partial charge in [-0.05, 0) is 116 Å². The van der Waals surface area contributed by atoms with Crippen LogP contribution in [0.2, 0.25) is 0 Å². The molecule has 0 fully saturated rings. The van der Waals surface area contributed by atoms with Gasteiger partial charge in [-0.1, -0.05) is 185 Å². The number of carbonyl (C=O) groups is 2. The lowest BCUT2D eigenvalue weighted by Crippen LogP contribution is -2.28. The van der Waals surface area contributed by atoms with Crippen molar-refractivity contribution in [3.63, 3.8) is 0 Å². The van der Waals surface area contributed by atoms with Crippen LogP contribution in [0.5, 0.6) is 0 Å². The first-order chi connectivity index (χ1) is 29.6. The number of allylic oxidation sites excluding steroid dienone is 24. The summed E-state index contributed by atoms with van der Waals surface area (Å²) in [7, 11) is 0. The van der Waals surface area contributed by atoms with Crippen LogP contribution < -0.4 is 0 Å². The van der Waals surface area contributed by atoms with E-state index in [1.807, 2.05) is 0 Å². The minimum absolute atomic E-state index is 0.0996. The molecule has 1 unspecified atom stereocenters. The number of unbranched alkanes of at least 4 members (excludes halogenated alkanes) is 8. The molecule has 0 saturated heterocycles. The Morgan fingerprint density at radius 3 is 1.02 bits per heavy atom. The second-order valence-electron chi connectivity index (χ2n) is 14.7. The van der Waals surface area contributed by atoms with Gasteiger partial charge >= 0.3 is 11.9 Å². The van der Waals surface area contributed by atoms with Crippen molar-refractivity contribution in [3.05, 3.63) is 146 Å². The zero-order valence-electron chi connectivity index (χ0n) is 37.9. The van der Waals surface area contributed by atoms with Gasteiger partial charge in [0.15, 0.2) is 6.10 Å². The van der Waals surface area contributed by atoms with Gasteiger partial charge in [-0.25, -0.2) is 0 Å². The summed E-state index contributed by atoms with van der Waals surface area (Å²) in [5.41, 5.74) is 0. The lowest BCUT2D eigenvalue weighted by atomic mass is 10.1. The molecular formula is C55H84O5. The van der Waals surface area contributed by atoms with E-state index in [2.05, 4.69) is 160 Å². The SMILES string of the molecule is CC/C=C\C/C=C\C/C=C\C/C=C\C/C=C\C/C=C\C/C=C\C/C=C\C/C=C\CCCCCCCC(=O)OC(CO)COC(=O)CCCCC/C=C\C/C=C\C/C=C\CC. The van der Waals surface area contributed by atoms with E-state index in [-0.39, 0.29) is 25.2 Å². The standard InChI is InChI=1S/C55H84O5/c1-3-5-7-9-11-13-15-17-18-19-20-21-22-23-24-25-26-27-28-29-30-31-32-33-34-35-36-38-40-42-44-46-48-50-55(58)60-53(51-56)52-59-54(57)49-47-45-43-41-39-37-16-14-12-10-8-6-4-2/h5-8,11-14,17-18,20-21,23-24,26-27,29-30,32-33,35-37,39,53,56H,3-4,9-10,15-16,19,22,25,28,31,34,38,40-52H2,1-2H3/b7-5-,8-6-,13-11-,14-12-,18-17-,21-20-,24-23-,27-26-,30-29-,33-32-,36-35-,39-37-. The average Bonchev–Trinajstić information content (AvgIpc) is 3.25. The fourth-order valence-electron chi connectivity index (χ4n) is 5.68. The lowest BCUT2D eigenvalue weighted by molar-refractivity contribution is -0.161. The molecule has 5 nitrogen and oxygen atoms in total. The van der Waals surface area contributed by atoms with Crippen LogP contribution >= 0.6 is 0 Å². The monoisotopic (exact) mass is 825 g/mol. The van der Waals surface area contributed by atoms with E-state index in [0.717, 1.165) is 141 Å². The summed E-state index contributed by atoms with van der Waals surface area (Å²) in [4.78, 5) is 24.3. The van der Waals surface area contributed by atoms with Gasteiger partial charge in [0.1, 0.15) is 6.61 Å². The number of ether oxygens (including phenoxy) is 2. The Morgan fingerprint density at radius 1 is 0.383 bits per heavy atom. The Balaban J connectivity index is 3.70. The molecule has 0 aliphatic carbocycles. The Labute approximate surface area is 368 Å². The van der Waals surface area contributed by atoms with Gasteiger partial charge in [0, 0.05) is 12.8 Å². The Hall–Kier alpha value is -4.22. The van der Waals surface area contributed by atoms with Crippen LogP contribution in [-0.4, -0.2) is 36.4 Å². The van der Waals surface area contributed by atoms with Gasteiger partial charge in [0.2, 0.25) is 0 Å². The van der Waals surface area contributed by atoms with E-state index in [9.17, 15) is 14.7 Å². The summed E-state index contributed by atoms with van der Waals surface area (Å²) in [5.74, 6) is -0.663. The van der Waals surface area contributed by atoms with E-state index in [1.54, 1.807) is 0 Å². The van der Waals surface area contributed by atoms with Crippen molar-refractivity contribution in [1.82, 2.24) is 0 Å². The molecule has 0 heterocycles. The molecule has 5 heteroatoms. The first kappa shape index (κ1) is 55.8. The average molecular weight is 825 g/mol. The Bertz CT molecular complexity index is 1350. The highest BCUT2D eigenvalue weighted by Gasteiger charge is 2.16. The zero-order valence-corrected chi connectivity index (χ0v) is 37.9. The first-order valence-corrected chi connectivity index (χ1v) is 23.4. The van der Waals surface area contributed by atoms with Crippen molar-refractivity contribution in [3.8, 4) is 0 Å². The fourth-order valence-corrected chi connectivity index (χ4v) is 5.68. The number of rotatable bonds is 40. The molecule has 0 aromatic rings. The first-order valence-electron chi connectivity index (χ1n) is 23.4. The van der Waals surface area contributed by atoms with Gasteiger partial charge < -0.3 is 14.6 Å². The van der Waals surface area contributed by atoms with E-state index in [4.69, 9.17) is 9.47 Å². The number of aliphatic hydroxyl groups is 1. The molecule has 60 heavy (non-hydrogen) atoms. The highest BCUT2D eigenvalue weighted by Crippen LogP contribution is 2.10. The van der Waals surface area contributed by atoms with Crippen LogP contribution in [0.4, 0.5) is 0 Å². The fraction of sp³-hybridized carbons (Fsp3) is 0.527. The van der Waals surface area contributed by atoms with E-state index < -0.39 is 6.10 Å². The summed E-state index contributed by atoms with van der Waals surface area (Å²) in [6.45, 7) is 3.84. The van der Waals surface area contributed by atoms with Crippen molar-refractivity contribution in [2.75, 3.05) is 13.2 Å². The van der Waals surface area contributed by atoms with Crippen molar-refractivity contribution in [1.29, 1.82) is 0 Å². The van der Waals surface area contributed by atoms with Crippen molar-refractivity contribution >= 4 is 11.9 Å². The van der Waals surface area contributed by atoms with Crippen LogP contribution in [0.3, 0.4) is 0 Å². The summed E-state index contributed by atoms with van der Waals surface area (Å²) < 4.78 is 10.6. The molecule has 1 N–H and O–H groups in total.